The summed E-state index contributed by atoms with van der Waals surface area (Å²) in [6.07, 6.45) is 1.64. The SMILES string of the molecule is CN(C)c1ncccc1CNC(=O)c1c(F)cccc1F. The quantitative estimate of drug-likeness (QED) is 0.940. The fourth-order valence-corrected chi connectivity index (χ4v) is 1.95. The largest absolute Gasteiger partial charge is 0.362 e. The molecule has 0 spiro atoms. The zero-order valence-corrected chi connectivity index (χ0v) is 11.7. The number of carbonyl (C=O) groups is 1. The van der Waals surface area contributed by atoms with Gasteiger partial charge in [-0.05, 0) is 18.2 Å². The predicted octanol–water partition coefficient (Wildman–Crippen LogP) is 2.36. The van der Waals surface area contributed by atoms with E-state index >= 15 is 0 Å². The Balaban J connectivity index is 2.15. The molecule has 1 heterocycles. The third kappa shape index (κ3) is 3.34. The summed E-state index contributed by atoms with van der Waals surface area (Å²) in [6, 6.07) is 6.84. The van der Waals surface area contributed by atoms with Crippen LogP contribution in [-0.4, -0.2) is 25.0 Å². The molecule has 0 saturated heterocycles. The molecule has 2 rings (SSSR count). The van der Waals surface area contributed by atoms with Gasteiger partial charge in [-0.15, -0.1) is 0 Å². The maximum atomic E-state index is 13.5. The van der Waals surface area contributed by atoms with Gasteiger partial charge in [0.25, 0.3) is 5.91 Å². The molecule has 0 atom stereocenters. The number of rotatable bonds is 4. The molecule has 2 aromatic rings. The van der Waals surface area contributed by atoms with E-state index in [4.69, 9.17) is 0 Å². The molecule has 0 aliphatic rings. The van der Waals surface area contributed by atoms with Crippen molar-refractivity contribution < 1.29 is 13.6 Å². The van der Waals surface area contributed by atoms with E-state index in [0.29, 0.717) is 5.82 Å². The molecule has 21 heavy (non-hydrogen) atoms. The molecule has 0 saturated carbocycles. The lowest BCUT2D eigenvalue weighted by molar-refractivity contribution is 0.0942. The van der Waals surface area contributed by atoms with Gasteiger partial charge in [-0.3, -0.25) is 4.79 Å². The number of nitrogens with zero attached hydrogens (tertiary/aromatic N) is 2. The van der Waals surface area contributed by atoms with Crippen molar-refractivity contribution in [2.24, 2.45) is 0 Å². The molecular weight excluding hydrogens is 276 g/mol. The highest BCUT2D eigenvalue weighted by Crippen LogP contribution is 2.15. The molecule has 1 amide bonds. The minimum absolute atomic E-state index is 0.133. The number of aromatic nitrogens is 1. The zero-order valence-electron chi connectivity index (χ0n) is 11.7. The van der Waals surface area contributed by atoms with Crippen LogP contribution >= 0.6 is 0 Å². The first kappa shape index (κ1) is 14.9. The number of nitrogens with one attached hydrogen (secondary N) is 1. The molecule has 0 fully saturated rings. The van der Waals surface area contributed by atoms with Crippen molar-refractivity contribution in [3.8, 4) is 0 Å². The number of halogens is 2. The van der Waals surface area contributed by atoms with Crippen LogP contribution in [0.1, 0.15) is 15.9 Å². The molecular formula is C15H15F2N3O. The summed E-state index contributed by atoms with van der Waals surface area (Å²) in [5, 5.41) is 2.51. The zero-order chi connectivity index (χ0) is 15.4. The smallest absolute Gasteiger partial charge is 0.257 e. The summed E-state index contributed by atoms with van der Waals surface area (Å²) in [4.78, 5) is 17.9. The average molecular weight is 291 g/mol. The van der Waals surface area contributed by atoms with Gasteiger partial charge in [-0.1, -0.05) is 12.1 Å². The summed E-state index contributed by atoms with van der Waals surface area (Å²) < 4.78 is 27.0. The minimum Gasteiger partial charge on any atom is -0.362 e. The lowest BCUT2D eigenvalue weighted by Gasteiger charge is -2.16. The molecule has 4 nitrogen and oxygen atoms in total. The first-order valence-corrected chi connectivity index (χ1v) is 6.34. The van der Waals surface area contributed by atoms with Crippen LogP contribution in [-0.2, 0) is 6.54 Å². The molecule has 0 radical (unpaired) electrons. The van der Waals surface area contributed by atoms with Crippen LogP contribution in [0.3, 0.4) is 0 Å². The molecule has 1 N–H and O–H groups in total. The Bertz CT molecular complexity index is 639. The van der Waals surface area contributed by atoms with Gasteiger partial charge in [0.05, 0.1) is 0 Å². The standard InChI is InChI=1S/C15H15F2N3O/c1-20(2)14-10(5-4-8-18-14)9-19-15(21)13-11(16)6-3-7-12(13)17/h3-8H,9H2,1-2H3,(H,19,21). The fraction of sp³-hybridized carbons (Fsp3) is 0.200. The van der Waals surface area contributed by atoms with Gasteiger partial charge >= 0.3 is 0 Å². The van der Waals surface area contributed by atoms with Crippen molar-refractivity contribution in [1.82, 2.24) is 10.3 Å². The first-order valence-electron chi connectivity index (χ1n) is 6.34. The van der Waals surface area contributed by atoms with Gasteiger partial charge in [0.15, 0.2) is 0 Å². The first-order chi connectivity index (χ1) is 10.0. The van der Waals surface area contributed by atoms with Gasteiger partial charge < -0.3 is 10.2 Å². The van der Waals surface area contributed by atoms with Crippen molar-refractivity contribution in [3.05, 3.63) is 59.3 Å². The number of hydrogen-bond acceptors (Lipinski definition) is 3. The van der Waals surface area contributed by atoms with Crippen molar-refractivity contribution >= 4 is 11.7 Å². The van der Waals surface area contributed by atoms with E-state index in [2.05, 4.69) is 10.3 Å². The van der Waals surface area contributed by atoms with E-state index in [-0.39, 0.29) is 6.54 Å². The van der Waals surface area contributed by atoms with Crippen LogP contribution in [0.4, 0.5) is 14.6 Å². The Labute approximate surface area is 121 Å². The highest BCUT2D eigenvalue weighted by molar-refractivity contribution is 5.94. The van der Waals surface area contributed by atoms with E-state index < -0.39 is 23.1 Å². The Morgan fingerprint density at radius 3 is 2.48 bits per heavy atom. The van der Waals surface area contributed by atoms with Gasteiger partial charge in [0, 0.05) is 32.4 Å². The van der Waals surface area contributed by atoms with E-state index in [1.807, 2.05) is 14.1 Å². The minimum atomic E-state index is -0.883. The van der Waals surface area contributed by atoms with E-state index in [9.17, 15) is 13.6 Å². The highest BCUT2D eigenvalue weighted by Gasteiger charge is 2.17. The molecule has 110 valence electrons. The van der Waals surface area contributed by atoms with Crippen molar-refractivity contribution in [2.45, 2.75) is 6.54 Å². The summed E-state index contributed by atoms with van der Waals surface area (Å²) in [5.74, 6) is -1.87. The molecule has 0 unspecified atom stereocenters. The fourth-order valence-electron chi connectivity index (χ4n) is 1.95. The van der Waals surface area contributed by atoms with Gasteiger partial charge in [-0.25, -0.2) is 13.8 Å². The number of carbonyl (C=O) groups excluding carboxylic acids is 1. The van der Waals surface area contributed by atoms with E-state index in [1.165, 1.54) is 6.07 Å². The maximum Gasteiger partial charge on any atom is 0.257 e. The van der Waals surface area contributed by atoms with Crippen LogP contribution in [0.5, 0.6) is 0 Å². The lowest BCUT2D eigenvalue weighted by atomic mass is 10.1. The third-order valence-corrected chi connectivity index (χ3v) is 2.92. The summed E-state index contributed by atoms with van der Waals surface area (Å²) in [6.45, 7) is 0.133. The molecule has 0 aliphatic carbocycles. The van der Waals surface area contributed by atoms with Crippen LogP contribution in [0.2, 0.25) is 0 Å². The van der Waals surface area contributed by atoms with Crippen molar-refractivity contribution in [2.75, 3.05) is 19.0 Å². The Kier molecular flexibility index (Phi) is 4.47. The van der Waals surface area contributed by atoms with Crippen LogP contribution in [0.25, 0.3) is 0 Å². The van der Waals surface area contributed by atoms with E-state index in [0.717, 1.165) is 17.7 Å². The number of benzene rings is 1. The highest BCUT2D eigenvalue weighted by atomic mass is 19.1. The second-order valence-corrected chi connectivity index (χ2v) is 4.66. The predicted molar refractivity (Wildman–Crippen MR) is 76.1 cm³/mol. The number of pyridine rings is 1. The molecule has 6 heteroatoms. The number of hydrogen-bond donors (Lipinski definition) is 1. The average Bonchev–Trinajstić information content (AvgIpc) is 2.45. The van der Waals surface area contributed by atoms with Crippen molar-refractivity contribution in [3.63, 3.8) is 0 Å². The summed E-state index contributed by atoms with van der Waals surface area (Å²) >= 11 is 0. The second kappa shape index (κ2) is 6.30. The number of anilines is 1. The van der Waals surface area contributed by atoms with Crippen LogP contribution < -0.4 is 10.2 Å². The summed E-state index contributed by atoms with van der Waals surface area (Å²) in [5.41, 5.74) is 0.181. The molecule has 0 aliphatic heterocycles. The van der Waals surface area contributed by atoms with Crippen LogP contribution in [0, 0.1) is 11.6 Å². The second-order valence-electron chi connectivity index (χ2n) is 4.66. The van der Waals surface area contributed by atoms with Gasteiger partial charge in [0.1, 0.15) is 23.0 Å². The molecule has 0 bridgehead atoms. The third-order valence-electron chi connectivity index (χ3n) is 2.92. The molecule has 1 aromatic carbocycles. The Morgan fingerprint density at radius 1 is 1.19 bits per heavy atom. The van der Waals surface area contributed by atoms with E-state index in [1.54, 1.807) is 23.2 Å². The normalized spacial score (nSPS) is 10.3. The van der Waals surface area contributed by atoms with Crippen LogP contribution in [0.15, 0.2) is 36.5 Å². The summed E-state index contributed by atoms with van der Waals surface area (Å²) in [7, 11) is 3.65. The number of amides is 1. The van der Waals surface area contributed by atoms with Crippen molar-refractivity contribution in [1.29, 1.82) is 0 Å². The van der Waals surface area contributed by atoms with Gasteiger partial charge in [0.2, 0.25) is 0 Å². The Hall–Kier alpha value is -2.50. The lowest BCUT2D eigenvalue weighted by Crippen LogP contribution is -2.26. The monoisotopic (exact) mass is 291 g/mol. The van der Waals surface area contributed by atoms with Gasteiger partial charge in [-0.2, -0.15) is 0 Å². The molecule has 1 aromatic heterocycles. The topological polar surface area (TPSA) is 45.2 Å². The Morgan fingerprint density at radius 2 is 1.86 bits per heavy atom. The maximum absolute atomic E-state index is 13.5.